The summed E-state index contributed by atoms with van der Waals surface area (Å²) in [6.45, 7) is 0. The molecule has 6 aromatic rings. The standard InChI is InChI=1S/C36H36N12O18S6.6Na/c1-47(2)35-43-31(41-33(45-35)39-25-13-11-23(67(49,50)51)17-29(25)71(61,62)63)37-21-9-7-19(27(15-21)69(55,56)57)5-6-20-8-10-22(16-28(20)70(58,59)60)38-32-42-34(46-36(44-32)48(3)4)40-26-14-12-24(68(52,53)54)18-30(26)72(64,65)66;;;;;;/h5-18H,1-4H3,(H,49,50,51)(H,52,53,54)(H,55,56,57)(H,58,59,60)(H,61,62,63)(H,64,65,66)(H2,37,39,41,43,45)(H2,38,40,42,44,46);;;;;;/q;6*+1/p-6/b6-5+;;;;;;. The molecule has 4 aromatic carbocycles. The Bertz CT molecular complexity index is 4000. The number of aromatic nitrogens is 6. The topological polar surface area (TPSA) is 488 Å². The number of hydrogen-bond acceptors (Lipinski definition) is 26. The Labute approximate surface area is 577 Å². The van der Waals surface area contributed by atoms with Crippen LogP contribution in [0, 0.1) is 0 Å². The van der Waals surface area contributed by atoms with Gasteiger partial charge in [-0.2, -0.15) is 9.97 Å². The third-order valence-corrected chi connectivity index (χ3v) is 14.3. The SMILES string of the molecule is CN(C)c1nc(=Nc2ccc(/C=C/c3ccc(N=c4nc(N(C)C)[nH]c(=Nc5ccc(S(=O)(=O)[O-])cc5S(=O)(=O)[O-])[nH]4)cc3S(=O)(=O)[O-])c(S(=O)(=O)[O-])c2)[nH]c(=Nc2ccc(S(=O)(=O)[O-])cc2S(=O)(=O)[O-])[nH]1.[Na+].[Na+].[Na+].[Na+].[Na+].[Na+]. The van der Waals surface area contributed by atoms with E-state index in [0.29, 0.717) is 24.3 Å². The monoisotopic (exact) mass is 1250 g/mol. The molecule has 2 aromatic heterocycles. The van der Waals surface area contributed by atoms with Crippen molar-refractivity contribution in [2.75, 3.05) is 38.0 Å². The molecule has 0 aliphatic rings. The maximum atomic E-state index is 12.6. The number of hydrogen-bond donors (Lipinski definition) is 4. The number of benzene rings is 4. The van der Waals surface area contributed by atoms with Crippen molar-refractivity contribution >= 4 is 108 Å². The summed E-state index contributed by atoms with van der Waals surface area (Å²) in [6.07, 6.45) is 1.97. The van der Waals surface area contributed by atoms with Gasteiger partial charge in [0.2, 0.25) is 34.4 Å². The second-order valence-electron chi connectivity index (χ2n) is 14.7. The van der Waals surface area contributed by atoms with Crippen LogP contribution in [-0.4, -0.2) is 136 Å². The fourth-order valence-electron chi connectivity index (χ4n) is 5.88. The van der Waals surface area contributed by atoms with Gasteiger partial charge in [0.1, 0.15) is 60.7 Å². The van der Waals surface area contributed by atoms with Gasteiger partial charge in [0.15, 0.2) is 0 Å². The van der Waals surface area contributed by atoms with Crippen LogP contribution in [0.1, 0.15) is 11.1 Å². The van der Waals surface area contributed by atoms with Crippen molar-refractivity contribution < 1.29 is 255 Å². The van der Waals surface area contributed by atoms with Gasteiger partial charge >= 0.3 is 177 Å². The van der Waals surface area contributed by atoms with Crippen LogP contribution in [0.25, 0.3) is 12.2 Å². The maximum absolute atomic E-state index is 12.6. The van der Waals surface area contributed by atoms with Crippen molar-refractivity contribution in [2.45, 2.75) is 29.4 Å². The first-order valence-corrected chi connectivity index (χ1v) is 27.5. The summed E-state index contributed by atoms with van der Waals surface area (Å²) in [5.41, 5.74) is -3.95. The molecule has 42 heteroatoms. The molecule has 384 valence electrons. The van der Waals surface area contributed by atoms with E-state index in [4.69, 9.17) is 0 Å². The van der Waals surface area contributed by atoms with Gasteiger partial charge in [-0.15, -0.1) is 0 Å². The zero-order chi connectivity index (χ0) is 53.5. The molecule has 78 heavy (non-hydrogen) atoms. The summed E-state index contributed by atoms with van der Waals surface area (Å²) in [5, 5.41) is 0. The number of H-pyrrole nitrogens is 4. The molecule has 0 unspecified atom stereocenters. The third-order valence-electron chi connectivity index (χ3n) is 9.08. The quantitative estimate of drug-likeness (QED) is 0.0447. The van der Waals surface area contributed by atoms with Crippen molar-refractivity contribution in [2.24, 2.45) is 20.0 Å². The van der Waals surface area contributed by atoms with E-state index < -0.39 is 101 Å². The maximum Gasteiger partial charge on any atom is 1.00 e. The Hall–Kier alpha value is -1.10. The van der Waals surface area contributed by atoms with Crippen molar-refractivity contribution in [1.82, 2.24) is 29.9 Å². The average molecular weight is 1250 g/mol. The average Bonchev–Trinajstić information content (AvgIpc) is 3.24. The normalized spacial score (nSPS) is 13.0. The second kappa shape index (κ2) is 30.1. The number of nitrogens with one attached hydrogen (secondary N) is 4. The smallest absolute Gasteiger partial charge is 0.744 e. The minimum Gasteiger partial charge on any atom is -0.744 e. The van der Waals surface area contributed by atoms with E-state index in [1.165, 1.54) is 50.1 Å². The summed E-state index contributed by atoms with van der Waals surface area (Å²) < 4.78 is 216. The van der Waals surface area contributed by atoms with Crippen molar-refractivity contribution in [1.29, 1.82) is 0 Å². The first kappa shape index (κ1) is 76.9. The molecule has 4 N–H and O–H groups in total. The van der Waals surface area contributed by atoms with E-state index >= 15 is 0 Å². The molecule has 6 rings (SSSR count). The van der Waals surface area contributed by atoms with Gasteiger partial charge in [0, 0.05) is 28.2 Å². The van der Waals surface area contributed by atoms with Crippen molar-refractivity contribution in [3.05, 3.63) is 106 Å². The van der Waals surface area contributed by atoms with E-state index in [0.717, 1.165) is 48.6 Å². The molecule has 0 aliphatic carbocycles. The van der Waals surface area contributed by atoms with E-state index in [2.05, 4.69) is 49.9 Å². The molecule has 0 aliphatic heterocycles. The van der Waals surface area contributed by atoms with Gasteiger partial charge in [0.05, 0.1) is 52.1 Å². The summed E-state index contributed by atoms with van der Waals surface area (Å²) in [5.74, 6) is -0.0773. The van der Waals surface area contributed by atoms with Gasteiger partial charge in [-0.1, -0.05) is 24.3 Å². The Balaban J connectivity index is 0.00000988. The molecular weight excluding hydrogens is 1220 g/mol. The van der Waals surface area contributed by atoms with E-state index in [-0.39, 0.29) is 234 Å². The van der Waals surface area contributed by atoms with Crippen LogP contribution in [-0.2, 0) is 60.7 Å². The predicted octanol–water partition coefficient (Wildman–Crippen LogP) is -19.5. The van der Waals surface area contributed by atoms with Crippen LogP contribution in [0.15, 0.2) is 122 Å². The summed E-state index contributed by atoms with van der Waals surface area (Å²) >= 11 is 0. The summed E-state index contributed by atoms with van der Waals surface area (Å²) in [7, 11) is -26.0. The zero-order valence-corrected chi connectivity index (χ0v) is 59.4. The molecule has 0 spiro atoms. The fourth-order valence-corrected chi connectivity index (χ4v) is 9.69. The van der Waals surface area contributed by atoms with E-state index in [9.17, 15) is 77.8 Å². The molecule has 0 fully saturated rings. The Kier molecular flexibility index (Phi) is 29.7. The van der Waals surface area contributed by atoms with Gasteiger partial charge in [-0.3, -0.25) is 19.9 Å². The third kappa shape index (κ3) is 20.9. The van der Waals surface area contributed by atoms with Crippen LogP contribution in [0.4, 0.5) is 34.6 Å². The number of anilines is 2. The fraction of sp³-hybridized carbons (Fsp3) is 0.111. The molecule has 2 heterocycles. The Morgan fingerprint density at radius 2 is 0.705 bits per heavy atom. The Morgan fingerprint density at radius 3 is 0.974 bits per heavy atom. The van der Waals surface area contributed by atoms with Crippen LogP contribution < -0.4 is 210 Å². The van der Waals surface area contributed by atoms with Gasteiger partial charge in [-0.25, -0.2) is 70.5 Å². The number of aromatic amines is 4. The van der Waals surface area contributed by atoms with Crippen LogP contribution in [0.2, 0.25) is 0 Å². The Morgan fingerprint density at radius 1 is 0.397 bits per heavy atom. The first-order chi connectivity index (χ1) is 33.1. The molecule has 0 radical (unpaired) electrons. The first-order valence-electron chi connectivity index (χ1n) is 19.0. The van der Waals surface area contributed by atoms with E-state index in [1.54, 1.807) is 0 Å². The number of rotatable bonds is 14. The molecule has 0 saturated carbocycles. The minimum atomic E-state index is -5.42. The zero-order valence-electron chi connectivity index (χ0n) is 42.5. The summed E-state index contributed by atoms with van der Waals surface area (Å²) in [4.78, 5) is 31.6. The predicted molar refractivity (Wildman–Crippen MR) is 238 cm³/mol. The van der Waals surface area contributed by atoms with E-state index in [1.807, 2.05) is 0 Å². The van der Waals surface area contributed by atoms with Gasteiger partial charge < -0.3 is 37.1 Å². The van der Waals surface area contributed by atoms with Gasteiger partial charge in [0.25, 0.3) is 0 Å². The van der Waals surface area contributed by atoms with Crippen molar-refractivity contribution in [3.8, 4) is 0 Å². The second-order valence-corrected chi connectivity index (χ2v) is 22.9. The van der Waals surface area contributed by atoms with Crippen LogP contribution >= 0.6 is 0 Å². The molecule has 0 bridgehead atoms. The van der Waals surface area contributed by atoms with Crippen LogP contribution in [0.5, 0.6) is 0 Å². The number of nitrogens with zero attached hydrogens (tertiary/aromatic N) is 8. The molecule has 0 atom stereocenters. The van der Waals surface area contributed by atoms with Gasteiger partial charge in [-0.05, 0) is 71.8 Å². The molecule has 30 nitrogen and oxygen atoms in total. The minimum absolute atomic E-state index is 0. The molecule has 0 amide bonds. The van der Waals surface area contributed by atoms with Crippen LogP contribution in [0.3, 0.4) is 0 Å². The van der Waals surface area contributed by atoms with Crippen molar-refractivity contribution in [3.63, 3.8) is 0 Å². The summed E-state index contributed by atoms with van der Waals surface area (Å²) in [6, 6.07) is 9.71. The molecular formula is C36H30N12Na6O18S6. The molecule has 0 saturated heterocycles. The largest absolute Gasteiger partial charge is 1.00 e.